The lowest BCUT2D eigenvalue weighted by Gasteiger charge is -2.27. The normalized spacial score (nSPS) is 22.2. The average molecular weight is 276 g/mol. The molecule has 0 aliphatic carbocycles. The minimum Gasteiger partial charge on any atom is -0.370 e. The van der Waals surface area contributed by atoms with Crippen molar-refractivity contribution < 1.29 is 4.79 Å². The zero-order valence-corrected chi connectivity index (χ0v) is 12.1. The van der Waals surface area contributed by atoms with Gasteiger partial charge in [0.2, 0.25) is 5.91 Å². The van der Waals surface area contributed by atoms with Crippen molar-refractivity contribution in [2.75, 3.05) is 25.0 Å². The van der Waals surface area contributed by atoms with Gasteiger partial charge in [-0.3, -0.25) is 4.79 Å². The second-order valence-electron chi connectivity index (χ2n) is 5.36. The van der Waals surface area contributed by atoms with Crippen LogP contribution in [0.1, 0.15) is 26.2 Å². The first-order chi connectivity index (χ1) is 9.75. The molecule has 1 aliphatic rings. The highest BCUT2D eigenvalue weighted by molar-refractivity contribution is 5.78. The van der Waals surface area contributed by atoms with Gasteiger partial charge < -0.3 is 16.0 Å². The van der Waals surface area contributed by atoms with Crippen LogP contribution >= 0.6 is 0 Å². The number of rotatable bonds is 6. The molecule has 5 nitrogen and oxygen atoms in total. The molecular formula is C15H24N4O. The summed E-state index contributed by atoms with van der Waals surface area (Å²) < 4.78 is 0. The summed E-state index contributed by atoms with van der Waals surface area (Å²) in [6.07, 6.45) is 4.56. The lowest BCUT2D eigenvalue weighted by molar-refractivity contribution is -0.126. The first-order valence-electron chi connectivity index (χ1n) is 7.41. The summed E-state index contributed by atoms with van der Waals surface area (Å²) in [6, 6.07) is 6.24. The van der Waals surface area contributed by atoms with Crippen molar-refractivity contribution in [2.24, 2.45) is 5.92 Å². The molecule has 2 atom stereocenters. The number of amides is 1. The molecule has 1 aromatic heterocycles. The fraction of sp³-hybridized carbons (Fsp3) is 0.600. The first-order valence-corrected chi connectivity index (χ1v) is 7.41. The van der Waals surface area contributed by atoms with Gasteiger partial charge in [-0.25, -0.2) is 4.98 Å². The average Bonchev–Trinajstić information content (AvgIpc) is 2.48. The van der Waals surface area contributed by atoms with Crippen LogP contribution in [0.4, 0.5) is 5.82 Å². The Morgan fingerprint density at radius 2 is 2.35 bits per heavy atom. The van der Waals surface area contributed by atoms with Gasteiger partial charge in [-0.05, 0) is 44.9 Å². The predicted molar refractivity (Wildman–Crippen MR) is 80.5 cm³/mol. The largest absolute Gasteiger partial charge is 0.370 e. The maximum atomic E-state index is 12.0. The van der Waals surface area contributed by atoms with Crippen molar-refractivity contribution in [3.63, 3.8) is 0 Å². The fourth-order valence-electron chi connectivity index (χ4n) is 2.50. The van der Waals surface area contributed by atoms with Crippen molar-refractivity contribution in [3.8, 4) is 0 Å². The van der Waals surface area contributed by atoms with Gasteiger partial charge in [0.1, 0.15) is 5.82 Å². The van der Waals surface area contributed by atoms with E-state index in [-0.39, 0.29) is 11.8 Å². The number of aromatic nitrogens is 1. The number of hydrogen-bond donors (Lipinski definition) is 3. The van der Waals surface area contributed by atoms with Crippen LogP contribution in [-0.2, 0) is 4.79 Å². The zero-order chi connectivity index (χ0) is 14.2. The van der Waals surface area contributed by atoms with E-state index >= 15 is 0 Å². The molecule has 1 aromatic rings. The van der Waals surface area contributed by atoms with E-state index < -0.39 is 0 Å². The SMILES string of the molecule is C[C@H]1C[C@@H](C(=O)NCCCNc2ccccn2)CCN1. The molecule has 20 heavy (non-hydrogen) atoms. The molecule has 0 radical (unpaired) electrons. The van der Waals surface area contributed by atoms with Crippen molar-refractivity contribution in [1.82, 2.24) is 15.6 Å². The van der Waals surface area contributed by atoms with Crippen LogP contribution in [0.5, 0.6) is 0 Å². The fourth-order valence-corrected chi connectivity index (χ4v) is 2.50. The zero-order valence-electron chi connectivity index (χ0n) is 12.1. The van der Waals surface area contributed by atoms with Crippen LogP contribution in [0, 0.1) is 5.92 Å². The Labute approximate surface area is 120 Å². The van der Waals surface area contributed by atoms with Crippen molar-refractivity contribution in [2.45, 2.75) is 32.2 Å². The van der Waals surface area contributed by atoms with Crippen molar-refractivity contribution >= 4 is 11.7 Å². The summed E-state index contributed by atoms with van der Waals surface area (Å²) in [5.74, 6) is 1.26. The number of nitrogens with one attached hydrogen (secondary N) is 3. The maximum absolute atomic E-state index is 12.0. The van der Waals surface area contributed by atoms with Gasteiger partial charge in [0, 0.05) is 31.2 Å². The molecule has 5 heteroatoms. The van der Waals surface area contributed by atoms with Crippen LogP contribution in [0.15, 0.2) is 24.4 Å². The van der Waals surface area contributed by atoms with E-state index in [1.54, 1.807) is 6.20 Å². The van der Waals surface area contributed by atoms with Crippen LogP contribution in [0.2, 0.25) is 0 Å². The second-order valence-corrected chi connectivity index (χ2v) is 5.36. The van der Waals surface area contributed by atoms with Crippen LogP contribution in [0.3, 0.4) is 0 Å². The Bertz CT molecular complexity index is 410. The van der Waals surface area contributed by atoms with E-state index in [1.165, 1.54) is 0 Å². The van der Waals surface area contributed by atoms with Gasteiger partial charge >= 0.3 is 0 Å². The Kier molecular flexibility index (Phi) is 5.80. The number of nitrogens with zero attached hydrogens (tertiary/aromatic N) is 1. The molecule has 0 aromatic carbocycles. The van der Waals surface area contributed by atoms with Crippen LogP contribution in [0.25, 0.3) is 0 Å². The molecule has 1 amide bonds. The lowest BCUT2D eigenvalue weighted by atomic mass is 9.92. The summed E-state index contributed by atoms with van der Waals surface area (Å²) >= 11 is 0. The Morgan fingerprint density at radius 3 is 3.10 bits per heavy atom. The Hall–Kier alpha value is -1.62. The van der Waals surface area contributed by atoms with Gasteiger partial charge in [0.25, 0.3) is 0 Å². The molecule has 2 heterocycles. The van der Waals surface area contributed by atoms with Crippen molar-refractivity contribution in [1.29, 1.82) is 0 Å². The first kappa shape index (κ1) is 14.8. The van der Waals surface area contributed by atoms with E-state index in [0.717, 1.165) is 44.7 Å². The maximum Gasteiger partial charge on any atom is 0.223 e. The van der Waals surface area contributed by atoms with E-state index in [1.807, 2.05) is 18.2 Å². The van der Waals surface area contributed by atoms with E-state index in [2.05, 4.69) is 27.9 Å². The van der Waals surface area contributed by atoms with Gasteiger partial charge in [-0.1, -0.05) is 6.07 Å². The number of hydrogen-bond acceptors (Lipinski definition) is 4. The summed E-state index contributed by atoms with van der Waals surface area (Å²) in [6.45, 7) is 4.62. The third kappa shape index (κ3) is 4.81. The quantitative estimate of drug-likeness (QED) is 0.687. The summed E-state index contributed by atoms with van der Waals surface area (Å²) in [7, 11) is 0. The van der Waals surface area contributed by atoms with Crippen LogP contribution in [-0.4, -0.2) is 36.6 Å². The predicted octanol–water partition coefficient (Wildman–Crippen LogP) is 1.39. The molecule has 1 saturated heterocycles. The second kappa shape index (κ2) is 7.85. The van der Waals surface area contributed by atoms with Gasteiger partial charge in [0.05, 0.1) is 0 Å². The number of carbonyl (C=O) groups excluding carboxylic acids is 1. The topological polar surface area (TPSA) is 66.0 Å². The molecule has 0 saturated carbocycles. The highest BCUT2D eigenvalue weighted by Crippen LogP contribution is 2.15. The summed E-state index contributed by atoms with van der Waals surface area (Å²) in [5, 5.41) is 9.63. The van der Waals surface area contributed by atoms with Crippen LogP contribution < -0.4 is 16.0 Å². The van der Waals surface area contributed by atoms with E-state index in [4.69, 9.17) is 0 Å². The summed E-state index contributed by atoms with van der Waals surface area (Å²) in [4.78, 5) is 16.2. The van der Waals surface area contributed by atoms with Gasteiger partial charge in [-0.15, -0.1) is 0 Å². The van der Waals surface area contributed by atoms with Crippen molar-refractivity contribution in [3.05, 3.63) is 24.4 Å². The number of pyridine rings is 1. The molecule has 0 unspecified atom stereocenters. The highest BCUT2D eigenvalue weighted by Gasteiger charge is 2.23. The Morgan fingerprint density at radius 1 is 1.45 bits per heavy atom. The monoisotopic (exact) mass is 276 g/mol. The molecule has 1 fully saturated rings. The molecule has 110 valence electrons. The standard InChI is InChI=1S/C15H24N4O/c1-12-11-13(6-10-16-12)15(20)19-9-4-8-18-14-5-2-3-7-17-14/h2-3,5,7,12-13,16H,4,6,8-11H2,1H3,(H,17,18)(H,19,20)/t12-,13-/m0/s1. The van der Waals surface area contributed by atoms with E-state index in [0.29, 0.717) is 6.04 Å². The summed E-state index contributed by atoms with van der Waals surface area (Å²) in [5.41, 5.74) is 0. The van der Waals surface area contributed by atoms with Gasteiger partial charge in [-0.2, -0.15) is 0 Å². The smallest absolute Gasteiger partial charge is 0.223 e. The molecular weight excluding hydrogens is 252 g/mol. The lowest BCUT2D eigenvalue weighted by Crippen LogP contribution is -2.42. The molecule has 0 bridgehead atoms. The molecule has 1 aliphatic heterocycles. The highest BCUT2D eigenvalue weighted by atomic mass is 16.1. The minimum atomic E-state index is 0.176. The van der Waals surface area contributed by atoms with E-state index in [9.17, 15) is 4.79 Å². The minimum absolute atomic E-state index is 0.176. The molecule has 3 N–H and O–H groups in total. The Balaban J connectivity index is 1.57. The molecule has 0 spiro atoms. The van der Waals surface area contributed by atoms with Gasteiger partial charge in [0.15, 0.2) is 0 Å². The number of anilines is 1. The number of carbonyl (C=O) groups is 1. The molecule has 2 rings (SSSR count). The third-order valence-electron chi connectivity index (χ3n) is 3.62. The number of piperidine rings is 1. The third-order valence-corrected chi connectivity index (χ3v) is 3.62.